The highest BCUT2D eigenvalue weighted by molar-refractivity contribution is 5.71. The summed E-state index contributed by atoms with van der Waals surface area (Å²) in [6.45, 7) is 2.70. The Bertz CT molecular complexity index is 449. The largest absolute Gasteiger partial charge is 0.481 e. The molecule has 0 heterocycles. The van der Waals surface area contributed by atoms with Gasteiger partial charge >= 0.3 is 11.9 Å². The van der Waals surface area contributed by atoms with Gasteiger partial charge in [-0.3, -0.25) is 9.59 Å². The molecular weight excluding hydrogens is 330 g/mol. The molecule has 0 radical (unpaired) electrons. The number of allylic oxidation sites excluding steroid dienone is 4. The molecule has 5 heteroatoms. The van der Waals surface area contributed by atoms with Crippen LogP contribution in [0.4, 0.5) is 0 Å². The van der Waals surface area contributed by atoms with Gasteiger partial charge in [-0.2, -0.15) is 0 Å². The van der Waals surface area contributed by atoms with Crippen LogP contribution in [0.1, 0.15) is 64.7 Å². The van der Waals surface area contributed by atoms with Crippen molar-refractivity contribution in [1.82, 2.24) is 0 Å². The van der Waals surface area contributed by atoms with Crippen LogP contribution in [0.15, 0.2) is 24.3 Å². The maximum atomic E-state index is 11.9. The van der Waals surface area contributed by atoms with E-state index in [0.717, 1.165) is 25.7 Å². The first-order chi connectivity index (χ1) is 12.2. The molecule has 0 aliphatic carbocycles. The summed E-state index contributed by atoms with van der Waals surface area (Å²) in [6, 6.07) is 0. The summed E-state index contributed by atoms with van der Waals surface area (Å²) in [7, 11) is 5.85. The van der Waals surface area contributed by atoms with E-state index >= 15 is 0 Å². The molecule has 26 heavy (non-hydrogen) atoms. The molecule has 0 spiro atoms. The summed E-state index contributed by atoms with van der Waals surface area (Å²) >= 11 is 0. The minimum absolute atomic E-state index is 0.147. The Kier molecular flexibility index (Phi) is 13.6. The second kappa shape index (κ2) is 14.5. The van der Waals surface area contributed by atoms with Gasteiger partial charge in [0.25, 0.3) is 0 Å². The first-order valence-electron chi connectivity index (χ1n) is 9.76. The molecule has 0 aliphatic rings. The number of carbonyl (C=O) groups is 2. The Morgan fingerprint density at radius 2 is 1.62 bits per heavy atom. The summed E-state index contributed by atoms with van der Waals surface area (Å²) in [6.07, 6.45) is 15.7. The third-order valence-electron chi connectivity index (χ3n) is 3.78. The summed E-state index contributed by atoms with van der Waals surface area (Å²) in [4.78, 5) is 22.8. The van der Waals surface area contributed by atoms with Crippen molar-refractivity contribution >= 4 is 11.9 Å². The van der Waals surface area contributed by atoms with Crippen molar-refractivity contribution in [3.63, 3.8) is 0 Å². The van der Waals surface area contributed by atoms with Gasteiger partial charge in [-0.05, 0) is 32.1 Å². The van der Waals surface area contributed by atoms with Crippen LogP contribution in [0, 0.1) is 0 Å². The van der Waals surface area contributed by atoms with Crippen molar-refractivity contribution in [3.05, 3.63) is 24.3 Å². The number of carboxylic acids is 1. The number of carbonyl (C=O) groups excluding carboxylic acids is 1. The predicted molar refractivity (Wildman–Crippen MR) is 106 cm³/mol. The average Bonchev–Trinajstić information content (AvgIpc) is 2.50. The SMILES string of the molecule is CCCCC/C=C/C/C=C/CCCC(=O)O[C@H](CC(=O)O)C[N+](C)(C)C. The monoisotopic (exact) mass is 368 g/mol. The Morgan fingerprint density at radius 1 is 1.00 bits per heavy atom. The number of likely N-dealkylation sites (N-methyl/N-ethyl adjacent to an activating group) is 1. The number of unbranched alkanes of at least 4 members (excludes halogenated alkanes) is 4. The lowest BCUT2D eigenvalue weighted by atomic mass is 10.2. The van der Waals surface area contributed by atoms with E-state index in [4.69, 9.17) is 9.84 Å². The maximum Gasteiger partial charge on any atom is 0.307 e. The molecule has 0 aromatic heterocycles. The van der Waals surface area contributed by atoms with Gasteiger partial charge in [0.05, 0.1) is 27.6 Å². The number of nitrogens with zero attached hydrogens (tertiary/aromatic N) is 1. The van der Waals surface area contributed by atoms with E-state index in [1.807, 2.05) is 21.1 Å². The Labute approximate surface area is 159 Å². The Balaban J connectivity index is 3.94. The number of aliphatic carboxylic acids is 1. The molecule has 0 fully saturated rings. The summed E-state index contributed by atoms with van der Waals surface area (Å²) in [5, 5.41) is 8.96. The summed E-state index contributed by atoms with van der Waals surface area (Å²) < 4.78 is 5.91. The molecule has 1 atom stereocenters. The normalized spacial score (nSPS) is 13.4. The van der Waals surface area contributed by atoms with Gasteiger partial charge in [0, 0.05) is 6.42 Å². The summed E-state index contributed by atoms with van der Waals surface area (Å²) in [5.74, 6) is -1.25. The van der Waals surface area contributed by atoms with E-state index < -0.39 is 12.1 Å². The molecular formula is C21H38NO4+. The average molecular weight is 369 g/mol. The molecule has 0 aromatic rings. The summed E-state index contributed by atoms with van der Waals surface area (Å²) in [5.41, 5.74) is 0. The number of quaternary nitrogens is 1. The lowest BCUT2D eigenvalue weighted by Gasteiger charge is -2.28. The molecule has 150 valence electrons. The fraction of sp³-hybridized carbons (Fsp3) is 0.714. The van der Waals surface area contributed by atoms with Crippen LogP contribution in [0.3, 0.4) is 0 Å². The number of hydrogen-bond donors (Lipinski definition) is 1. The molecule has 0 saturated carbocycles. The molecule has 0 unspecified atom stereocenters. The molecule has 0 amide bonds. The van der Waals surface area contributed by atoms with Gasteiger partial charge in [-0.1, -0.05) is 44.1 Å². The quantitative estimate of drug-likeness (QED) is 0.202. The molecule has 5 nitrogen and oxygen atoms in total. The second-order valence-electron chi connectivity index (χ2n) is 7.75. The first kappa shape index (κ1) is 24.4. The van der Waals surface area contributed by atoms with Gasteiger partial charge in [0.1, 0.15) is 6.54 Å². The van der Waals surface area contributed by atoms with Gasteiger partial charge in [-0.25, -0.2) is 0 Å². The predicted octanol–water partition coefficient (Wildman–Crippen LogP) is 4.33. The van der Waals surface area contributed by atoms with Crippen LogP contribution in [0.25, 0.3) is 0 Å². The molecule has 0 rings (SSSR count). The first-order valence-corrected chi connectivity index (χ1v) is 9.76. The van der Waals surface area contributed by atoms with Crippen LogP contribution in [-0.4, -0.2) is 55.3 Å². The van der Waals surface area contributed by atoms with Crippen molar-refractivity contribution < 1.29 is 23.9 Å². The van der Waals surface area contributed by atoms with E-state index in [0.29, 0.717) is 17.4 Å². The zero-order valence-corrected chi connectivity index (χ0v) is 17.1. The van der Waals surface area contributed by atoms with Gasteiger partial charge in [-0.15, -0.1) is 0 Å². The van der Waals surface area contributed by atoms with Crippen LogP contribution >= 0.6 is 0 Å². The van der Waals surface area contributed by atoms with E-state index in [-0.39, 0.29) is 12.4 Å². The fourth-order valence-corrected chi connectivity index (χ4v) is 2.58. The standard InChI is InChI=1S/C21H37NO4/c1-5-6-7-8-9-10-11-12-13-14-15-16-21(25)26-19(17-20(23)24)18-22(2,3)4/h9-10,12-13,19H,5-8,11,14-18H2,1-4H3/p+1/b10-9+,13-12+/t19-/m1/s1. The fourth-order valence-electron chi connectivity index (χ4n) is 2.58. The lowest BCUT2D eigenvalue weighted by Crippen LogP contribution is -2.43. The van der Waals surface area contributed by atoms with E-state index in [1.165, 1.54) is 19.3 Å². The van der Waals surface area contributed by atoms with Crippen LogP contribution < -0.4 is 0 Å². The van der Waals surface area contributed by atoms with Crippen molar-refractivity contribution in [2.45, 2.75) is 70.8 Å². The van der Waals surface area contributed by atoms with E-state index in [9.17, 15) is 9.59 Å². The zero-order valence-electron chi connectivity index (χ0n) is 17.1. The molecule has 1 N–H and O–H groups in total. The van der Waals surface area contributed by atoms with Gasteiger partial charge in [0.2, 0.25) is 0 Å². The third-order valence-corrected chi connectivity index (χ3v) is 3.78. The van der Waals surface area contributed by atoms with Crippen molar-refractivity contribution in [2.24, 2.45) is 0 Å². The van der Waals surface area contributed by atoms with E-state index in [2.05, 4.69) is 31.2 Å². The van der Waals surface area contributed by atoms with Crippen LogP contribution in [0.5, 0.6) is 0 Å². The Morgan fingerprint density at radius 3 is 2.15 bits per heavy atom. The zero-order chi connectivity index (χ0) is 19.8. The number of esters is 1. The molecule has 0 bridgehead atoms. The second-order valence-corrected chi connectivity index (χ2v) is 7.75. The topological polar surface area (TPSA) is 63.6 Å². The van der Waals surface area contributed by atoms with Gasteiger partial charge < -0.3 is 14.3 Å². The highest BCUT2D eigenvalue weighted by atomic mass is 16.5. The highest BCUT2D eigenvalue weighted by Crippen LogP contribution is 2.08. The highest BCUT2D eigenvalue weighted by Gasteiger charge is 2.24. The minimum Gasteiger partial charge on any atom is -0.481 e. The lowest BCUT2D eigenvalue weighted by molar-refractivity contribution is -0.873. The van der Waals surface area contributed by atoms with Crippen LogP contribution in [-0.2, 0) is 14.3 Å². The number of rotatable bonds is 15. The maximum absolute atomic E-state index is 11.9. The Hall–Kier alpha value is -1.62. The smallest absolute Gasteiger partial charge is 0.307 e. The van der Waals surface area contributed by atoms with E-state index in [1.54, 1.807) is 0 Å². The molecule has 0 saturated heterocycles. The van der Waals surface area contributed by atoms with Crippen molar-refractivity contribution in [3.8, 4) is 0 Å². The third kappa shape index (κ3) is 17.2. The van der Waals surface area contributed by atoms with Gasteiger partial charge in [0.15, 0.2) is 6.10 Å². The molecule has 0 aromatic carbocycles. The van der Waals surface area contributed by atoms with Crippen molar-refractivity contribution in [2.75, 3.05) is 27.7 Å². The van der Waals surface area contributed by atoms with Crippen LogP contribution in [0.2, 0.25) is 0 Å². The number of hydrogen-bond acceptors (Lipinski definition) is 3. The molecule has 0 aliphatic heterocycles. The minimum atomic E-state index is -0.943. The number of carboxylic acid groups (broad SMARTS) is 1. The number of ether oxygens (including phenoxy) is 1. The van der Waals surface area contributed by atoms with Crippen molar-refractivity contribution in [1.29, 1.82) is 0 Å².